The molecule has 1 unspecified atom stereocenters. The lowest BCUT2D eigenvalue weighted by Gasteiger charge is -2.31. The van der Waals surface area contributed by atoms with E-state index in [0.717, 1.165) is 29.1 Å². The number of para-hydroxylation sites is 1. The fraction of sp³-hybridized carbons (Fsp3) is 0.120. The highest BCUT2D eigenvalue weighted by Crippen LogP contribution is 2.47. The van der Waals surface area contributed by atoms with Gasteiger partial charge in [-0.1, -0.05) is 24.3 Å². The van der Waals surface area contributed by atoms with Gasteiger partial charge < -0.3 is 25.5 Å². The molecular formula is C25H19F4N3O3. The molecule has 1 aromatic heterocycles. The molecular weight excluding hydrogens is 466 g/mol. The van der Waals surface area contributed by atoms with Gasteiger partial charge in [0.25, 0.3) is 0 Å². The van der Waals surface area contributed by atoms with Gasteiger partial charge in [0.1, 0.15) is 12.4 Å². The van der Waals surface area contributed by atoms with Crippen LogP contribution in [0.15, 0.2) is 72.9 Å². The van der Waals surface area contributed by atoms with Crippen molar-refractivity contribution in [3.05, 3.63) is 95.4 Å². The molecule has 4 aromatic rings. The van der Waals surface area contributed by atoms with Gasteiger partial charge in [-0.15, -0.1) is 0 Å². The van der Waals surface area contributed by atoms with Crippen LogP contribution in [0, 0.1) is 11.2 Å². The Morgan fingerprint density at radius 3 is 2.37 bits per heavy atom. The normalized spacial score (nSPS) is 13.4. The monoisotopic (exact) mass is 485 g/mol. The Balaban J connectivity index is 1.87. The van der Waals surface area contributed by atoms with Crippen molar-refractivity contribution in [1.29, 1.82) is 5.41 Å². The molecule has 0 spiro atoms. The van der Waals surface area contributed by atoms with Crippen LogP contribution >= 0.6 is 0 Å². The zero-order valence-electron chi connectivity index (χ0n) is 18.0. The minimum absolute atomic E-state index is 0.0403. The first-order valence-corrected chi connectivity index (χ1v) is 10.3. The minimum atomic E-state index is -5.18. The molecule has 0 radical (unpaired) electrons. The zero-order valence-corrected chi connectivity index (χ0v) is 18.0. The SMILES string of the molecule is N=Cc1cc(C(O)(c2cn(CC(=O)O)c3ccccc23)C(F)(F)F)ccc1Nc1ccc(F)cc1. The molecule has 10 heteroatoms. The molecule has 0 fully saturated rings. The number of halogens is 4. The number of hydrogen-bond donors (Lipinski definition) is 4. The van der Waals surface area contributed by atoms with Crippen LogP contribution in [0.4, 0.5) is 28.9 Å². The summed E-state index contributed by atoms with van der Waals surface area (Å²) in [5.74, 6) is -1.72. The van der Waals surface area contributed by atoms with Crippen LogP contribution in [-0.2, 0) is 16.9 Å². The number of hydrogen-bond acceptors (Lipinski definition) is 4. The number of aromatic nitrogens is 1. The first kappa shape index (κ1) is 24.0. The Morgan fingerprint density at radius 1 is 1.06 bits per heavy atom. The molecule has 0 bridgehead atoms. The Bertz CT molecular complexity index is 1410. The predicted molar refractivity (Wildman–Crippen MR) is 123 cm³/mol. The summed E-state index contributed by atoms with van der Waals surface area (Å²) in [5.41, 5.74) is -3.59. The first-order valence-electron chi connectivity index (χ1n) is 10.3. The van der Waals surface area contributed by atoms with Crippen molar-refractivity contribution < 1.29 is 32.6 Å². The third kappa shape index (κ3) is 4.35. The number of aliphatic carboxylic acids is 1. The quantitative estimate of drug-likeness (QED) is 0.208. The van der Waals surface area contributed by atoms with Gasteiger partial charge in [0, 0.05) is 45.8 Å². The van der Waals surface area contributed by atoms with Gasteiger partial charge in [0.15, 0.2) is 0 Å². The number of nitrogens with zero attached hydrogens (tertiary/aromatic N) is 1. The van der Waals surface area contributed by atoms with Crippen LogP contribution in [0.1, 0.15) is 16.7 Å². The van der Waals surface area contributed by atoms with E-state index in [1.807, 2.05) is 0 Å². The Labute approximate surface area is 196 Å². The van der Waals surface area contributed by atoms with E-state index in [9.17, 15) is 32.6 Å². The second kappa shape index (κ2) is 8.88. The van der Waals surface area contributed by atoms with E-state index in [-0.39, 0.29) is 22.2 Å². The van der Waals surface area contributed by atoms with Crippen molar-refractivity contribution in [2.75, 3.05) is 5.32 Å². The van der Waals surface area contributed by atoms with Crippen LogP contribution < -0.4 is 5.32 Å². The van der Waals surface area contributed by atoms with Gasteiger partial charge >= 0.3 is 12.1 Å². The number of nitrogens with one attached hydrogen (secondary N) is 2. The number of carbonyl (C=O) groups is 1. The van der Waals surface area contributed by atoms with Crippen LogP contribution in [0.3, 0.4) is 0 Å². The summed E-state index contributed by atoms with van der Waals surface area (Å²) < 4.78 is 57.8. The maximum absolute atomic E-state index is 14.5. The minimum Gasteiger partial charge on any atom is -0.480 e. The maximum atomic E-state index is 14.5. The molecule has 0 saturated carbocycles. The summed E-state index contributed by atoms with van der Waals surface area (Å²) in [6.45, 7) is -0.597. The molecule has 0 aliphatic heterocycles. The third-order valence-electron chi connectivity index (χ3n) is 5.64. The number of aliphatic hydroxyl groups is 1. The average molecular weight is 485 g/mol. The summed E-state index contributed by atoms with van der Waals surface area (Å²) in [4.78, 5) is 11.3. The van der Waals surface area contributed by atoms with Crippen LogP contribution in [0.25, 0.3) is 10.9 Å². The molecule has 0 saturated heterocycles. The highest BCUT2D eigenvalue weighted by atomic mass is 19.4. The van der Waals surface area contributed by atoms with Crippen molar-refractivity contribution in [3.8, 4) is 0 Å². The number of carboxylic acid groups (broad SMARTS) is 1. The van der Waals surface area contributed by atoms with E-state index in [1.165, 1.54) is 48.5 Å². The van der Waals surface area contributed by atoms with Crippen LogP contribution in [0.2, 0.25) is 0 Å². The molecule has 0 amide bonds. The van der Waals surface area contributed by atoms with E-state index in [1.54, 1.807) is 6.07 Å². The fourth-order valence-electron chi connectivity index (χ4n) is 3.99. The van der Waals surface area contributed by atoms with E-state index in [2.05, 4.69) is 5.32 Å². The number of anilines is 2. The van der Waals surface area contributed by atoms with Crippen molar-refractivity contribution in [2.45, 2.75) is 18.3 Å². The fourth-order valence-corrected chi connectivity index (χ4v) is 3.99. The highest BCUT2D eigenvalue weighted by Gasteiger charge is 2.57. The second-order valence-electron chi connectivity index (χ2n) is 7.87. The van der Waals surface area contributed by atoms with E-state index < -0.39 is 41.2 Å². The number of fused-ring (bicyclic) bond motifs is 1. The lowest BCUT2D eigenvalue weighted by molar-refractivity contribution is -0.247. The van der Waals surface area contributed by atoms with Crippen LogP contribution in [0.5, 0.6) is 0 Å². The summed E-state index contributed by atoms with van der Waals surface area (Å²) in [6.07, 6.45) is -3.36. The van der Waals surface area contributed by atoms with Gasteiger partial charge in [0.2, 0.25) is 5.60 Å². The number of alkyl halides is 3. The van der Waals surface area contributed by atoms with Gasteiger partial charge in [-0.25, -0.2) is 4.39 Å². The Kier molecular flexibility index (Phi) is 6.08. The standard InChI is InChI=1S/C25H19F4N3O3/c26-17-6-8-18(9-7-17)31-21-10-5-16(11-15(21)12-30)24(35,25(27,28)29)20-13-32(14-23(33)34)22-4-2-1-3-19(20)22/h1-13,30-31,35H,14H2,(H,33,34). The summed E-state index contributed by atoms with van der Waals surface area (Å²) >= 11 is 0. The molecule has 4 N–H and O–H groups in total. The van der Waals surface area contributed by atoms with Crippen LogP contribution in [-0.4, -0.2) is 33.1 Å². The molecule has 4 rings (SSSR count). The molecule has 0 aliphatic carbocycles. The van der Waals surface area contributed by atoms with Gasteiger partial charge in [-0.2, -0.15) is 13.2 Å². The molecule has 35 heavy (non-hydrogen) atoms. The van der Waals surface area contributed by atoms with E-state index in [0.29, 0.717) is 5.69 Å². The molecule has 3 aromatic carbocycles. The Hall–Kier alpha value is -4.18. The first-order chi connectivity index (χ1) is 16.5. The van der Waals surface area contributed by atoms with Crippen molar-refractivity contribution in [1.82, 2.24) is 4.57 Å². The number of benzene rings is 3. The summed E-state index contributed by atoms with van der Waals surface area (Å²) in [7, 11) is 0. The molecule has 1 heterocycles. The van der Waals surface area contributed by atoms with E-state index in [4.69, 9.17) is 5.41 Å². The van der Waals surface area contributed by atoms with Gasteiger partial charge in [-0.05, 0) is 48.0 Å². The van der Waals surface area contributed by atoms with E-state index >= 15 is 0 Å². The average Bonchev–Trinajstić information content (AvgIpc) is 3.17. The topological polar surface area (TPSA) is 98.3 Å². The second-order valence-corrected chi connectivity index (χ2v) is 7.87. The smallest absolute Gasteiger partial charge is 0.425 e. The summed E-state index contributed by atoms with van der Waals surface area (Å²) in [6, 6.07) is 14.6. The summed E-state index contributed by atoms with van der Waals surface area (Å²) in [5, 5.41) is 31.1. The zero-order chi connectivity index (χ0) is 25.4. The lowest BCUT2D eigenvalue weighted by Crippen LogP contribution is -2.43. The van der Waals surface area contributed by atoms with Crippen molar-refractivity contribution in [3.63, 3.8) is 0 Å². The molecule has 1 atom stereocenters. The predicted octanol–water partition coefficient (Wildman–Crippen LogP) is 5.40. The van der Waals surface area contributed by atoms with Gasteiger partial charge in [0.05, 0.1) is 0 Å². The third-order valence-corrected chi connectivity index (χ3v) is 5.64. The van der Waals surface area contributed by atoms with Crippen molar-refractivity contribution >= 4 is 34.5 Å². The lowest BCUT2D eigenvalue weighted by atomic mass is 9.84. The number of rotatable bonds is 7. The van der Waals surface area contributed by atoms with Gasteiger partial charge in [-0.3, -0.25) is 4.79 Å². The Morgan fingerprint density at radius 2 is 1.74 bits per heavy atom. The molecule has 0 aliphatic rings. The largest absolute Gasteiger partial charge is 0.480 e. The number of carboxylic acids is 1. The molecule has 180 valence electrons. The molecule has 6 nitrogen and oxygen atoms in total. The highest BCUT2D eigenvalue weighted by molar-refractivity contribution is 5.89. The van der Waals surface area contributed by atoms with Crippen molar-refractivity contribution in [2.24, 2.45) is 0 Å². The maximum Gasteiger partial charge on any atom is 0.425 e.